The van der Waals surface area contributed by atoms with Crippen molar-refractivity contribution in [3.05, 3.63) is 0 Å². The zero-order chi connectivity index (χ0) is 13.8. The quantitative estimate of drug-likeness (QED) is 0.747. The predicted octanol–water partition coefficient (Wildman–Crippen LogP) is 0.664. The van der Waals surface area contributed by atoms with Crippen LogP contribution in [-0.4, -0.2) is 43.4 Å². The maximum Gasteiger partial charge on any atom is 0.307 e. The Morgan fingerprint density at radius 3 is 2.44 bits per heavy atom. The van der Waals surface area contributed by atoms with Crippen LogP contribution >= 0.6 is 0 Å². The molecule has 0 bridgehead atoms. The predicted molar refractivity (Wildman–Crippen MR) is 68.3 cm³/mol. The third kappa shape index (κ3) is 4.22. The number of nitrogens with one attached hydrogen (secondary N) is 1. The summed E-state index contributed by atoms with van der Waals surface area (Å²) >= 11 is 0. The Balaban J connectivity index is 2.52. The van der Waals surface area contributed by atoms with E-state index in [0.29, 0.717) is 25.4 Å². The van der Waals surface area contributed by atoms with Gasteiger partial charge in [-0.1, -0.05) is 13.8 Å². The van der Waals surface area contributed by atoms with E-state index in [0.717, 1.165) is 12.8 Å². The molecule has 0 aromatic rings. The van der Waals surface area contributed by atoms with E-state index in [9.17, 15) is 13.2 Å². The van der Waals surface area contributed by atoms with Gasteiger partial charge in [0.05, 0.1) is 5.92 Å². The van der Waals surface area contributed by atoms with E-state index in [4.69, 9.17) is 5.11 Å². The van der Waals surface area contributed by atoms with Crippen molar-refractivity contribution in [2.45, 2.75) is 33.1 Å². The second-order valence-corrected chi connectivity index (χ2v) is 6.63. The summed E-state index contributed by atoms with van der Waals surface area (Å²) in [5, 5.41) is 8.87. The highest BCUT2D eigenvalue weighted by Crippen LogP contribution is 2.18. The summed E-state index contributed by atoms with van der Waals surface area (Å²) < 4.78 is 27.7. The van der Waals surface area contributed by atoms with Crippen molar-refractivity contribution in [3.8, 4) is 0 Å². The Bertz CT molecular complexity index is 375. The number of carbonyl (C=O) groups is 1. The van der Waals surface area contributed by atoms with Gasteiger partial charge in [0.2, 0.25) is 0 Å². The molecule has 1 aliphatic rings. The second kappa shape index (κ2) is 6.49. The van der Waals surface area contributed by atoms with E-state index < -0.39 is 22.1 Å². The molecule has 1 fully saturated rings. The number of carboxylic acids is 1. The number of rotatable bonds is 6. The van der Waals surface area contributed by atoms with Gasteiger partial charge in [-0.05, 0) is 25.2 Å². The van der Waals surface area contributed by atoms with Crippen LogP contribution in [0.3, 0.4) is 0 Å². The molecule has 2 N–H and O–H groups in total. The molecule has 7 heteroatoms. The summed E-state index contributed by atoms with van der Waals surface area (Å²) in [5.41, 5.74) is 0. The molecule has 0 radical (unpaired) electrons. The van der Waals surface area contributed by atoms with Gasteiger partial charge in [-0.3, -0.25) is 4.79 Å². The van der Waals surface area contributed by atoms with Gasteiger partial charge in [-0.2, -0.15) is 12.7 Å². The van der Waals surface area contributed by atoms with Crippen LogP contribution in [-0.2, 0) is 15.0 Å². The maximum absolute atomic E-state index is 12.0. The molecule has 18 heavy (non-hydrogen) atoms. The molecule has 0 saturated carbocycles. The van der Waals surface area contributed by atoms with Gasteiger partial charge in [-0.15, -0.1) is 0 Å². The molecule has 1 atom stereocenters. The summed E-state index contributed by atoms with van der Waals surface area (Å²) in [6.45, 7) is 4.82. The lowest BCUT2D eigenvalue weighted by atomic mass is 10.0. The average molecular weight is 278 g/mol. The molecular weight excluding hydrogens is 256 g/mol. The van der Waals surface area contributed by atoms with Gasteiger partial charge in [0.25, 0.3) is 10.2 Å². The molecule has 1 unspecified atom stereocenters. The van der Waals surface area contributed by atoms with Crippen LogP contribution in [0.1, 0.15) is 33.1 Å². The van der Waals surface area contributed by atoms with Gasteiger partial charge in [-0.25, -0.2) is 4.72 Å². The van der Waals surface area contributed by atoms with Crippen molar-refractivity contribution >= 4 is 16.2 Å². The highest BCUT2D eigenvalue weighted by atomic mass is 32.2. The SMILES string of the molecule is CCC(CNS(=O)(=O)N1CCC(C)CC1)C(=O)O. The topological polar surface area (TPSA) is 86.7 Å². The lowest BCUT2D eigenvalue weighted by Crippen LogP contribution is -2.46. The van der Waals surface area contributed by atoms with Gasteiger partial charge in [0.1, 0.15) is 0 Å². The van der Waals surface area contributed by atoms with Gasteiger partial charge in [0.15, 0.2) is 0 Å². The van der Waals surface area contributed by atoms with Crippen molar-refractivity contribution in [1.82, 2.24) is 9.03 Å². The first-order valence-electron chi connectivity index (χ1n) is 6.34. The Morgan fingerprint density at radius 2 is 2.00 bits per heavy atom. The molecule has 1 saturated heterocycles. The first kappa shape index (κ1) is 15.4. The van der Waals surface area contributed by atoms with Crippen molar-refractivity contribution in [2.24, 2.45) is 11.8 Å². The van der Waals surface area contributed by atoms with E-state index in [1.165, 1.54) is 4.31 Å². The number of piperidine rings is 1. The fourth-order valence-corrected chi connectivity index (χ4v) is 3.21. The molecule has 0 spiro atoms. The minimum atomic E-state index is -3.53. The summed E-state index contributed by atoms with van der Waals surface area (Å²) in [4.78, 5) is 10.8. The van der Waals surface area contributed by atoms with Gasteiger partial charge >= 0.3 is 5.97 Å². The van der Waals surface area contributed by atoms with E-state index in [-0.39, 0.29) is 6.54 Å². The standard InChI is InChI=1S/C11H22N2O4S/c1-3-10(11(14)15)8-12-18(16,17)13-6-4-9(2)5-7-13/h9-10,12H,3-8H2,1-2H3,(H,14,15). The number of carboxylic acid groups (broad SMARTS) is 1. The lowest BCUT2D eigenvalue weighted by molar-refractivity contribution is -0.141. The van der Waals surface area contributed by atoms with Gasteiger partial charge < -0.3 is 5.11 Å². The third-order valence-electron chi connectivity index (χ3n) is 3.44. The molecule has 0 amide bonds. The van der Waals surface area contributed by atoms with E-state index >= 15 is 0 Å². The minimum Gasteiger partial charge on any atom is -0.481 e. The summed E-state index contributed by atoms with van der Waals surface area (Å²) in [7, 11) is -3.53. The minimum absolute atomic E-state index is 0.0414. The molecule has 0 aromatic heterocycles. The molecular formula is C11H22N2O4S. The van der Waals surface area contributed by atoms with Crippen molar-refractivity contribution in [1.29, 1.82) is 0 Å². The van der Waals surface area contributed by atoms with Crippen molar-refractivity contribution in [3.63, 3.8) is 0 Å². The van der Waals surface area contributed by atoms with Crippen LogP contribution in [0.15, 0.2) is 0 Å². The first-order chi connectivity index (χ1) is 8.36. The van der Waals surface area contributed by atoms with E-state index in [1.54, 1.807) is 6.92 Å². The van der Waals surface area contributed by atoms with Crippen LogP contribution in [0.25, 0.3) is 0 Å². The van der Waals surface area contributed by atoms with Crippen molar-refractivity contribution in [2.75, 3.05) is 19.6 Å². The lowest BCUT2D eigenvalue weighted by Gasteiger charge is -2.29. The molecule has 0 aliphatic carbocycles. The summed E-state index contributed by atoms with van der Waals surface area (Å²) in [5.74, 6) is -1.07. The molecule has 6 nitrogen and oxygen atoms in total. The number of aliphatic carboxylic acids is 1. The molecule has 1 rings (SSSR count). The molecule has 1 aliphatic heterocycles. The second-order valence-electron chi connectivity index (χ2n) is 4.88. The Kier molecular flexibility index (Phi) is 5.55. The number of nitrogens with zero attached hydrogens (tertiary/aromatic N) is 1. The highest BCUT2D eigenvalue weighted by Gasteiger charge is 2.27. The van der Waals surface area contributed by atoms with E-state index in [2.05, 4.69) is 11.6 Å². The summed E-state index contributed by atoms with van der Waals surface area (Å²) in [6.07, 6.45) is 2.13. The van der Waals surface area contributed by atoms with Gasteiger partial charge in [0, 0.05) is 19.6 Å². The van der Waals surface area contributed by atoms with Crippen LogP contribution in [0.5, 0.6) is 0 Å². The Morgan fingerprint density at radius 1 is 1.44 bits per heavy atom. The highest BCUT2D eigenvalue weighted by molar-refractivity contribution is 7.87. The molecule has 106 valence electrons. The largest absolute Gasteiger partial charge is 0.481 e. The third-order valence-corrected chi connectivity index (χ3v) is 5.01. The maximum atomic E-state index is 12.0. The zero-order valence-corrected chi connectivity index (χ0v) is 11.7. The Labute approximate surface area is 109 Å². The van der Waals surface area contributed by atoms with E-state index in [1.807, 2.05) is 0 Å². The van der Waals surface area contributed by atoms with Crippen LogP contribution in [0, 0.1) is 11.8 Å². The first-order valence-corrected chi connectivity index (χ1v) is 7.78. The monoisotopic (exact) mass is 278 g/mol. The van der Waals surface area contributed by atoms with Crippen LogP contribution in [0.4, 0.5) is 0 Å². The summed E-state index contributed by atoms with van der Waals surface area (Å²) in [6, 6.07) is 0. The smallest absolute Gasteiger partial charge is 0.307 e. The molecule has 0 aromatic carbocycles. The Hall–Kier alpha value is -0.660. The van der Waals surface area contributed by atoms with Crippen molar-refractivity contribution < 1.29 is 18.3 Å². The fraction of sp³-hybridized carbons (Fsp3) is 0.909. The zero-order valence-electron chi connectivity index (χ0n) is 10.9. The van der Waals surface area contributed by atoms with Crippen LogP contribution < -0.4 is 4.72 Å². The number of hydrogen-bond donors (Lipinski definition) is 2. The fourth-order valence-electron chi connectivity index (χ4n) is 1.93. The normalized spacial score (nSPS) is 20.8. The molecule has 1 heterocycles. The average Bonchev–Trinajstić information content (AvgIpc) is 2.29. The van der Waals surface area contributed by atoms with Crippen LogP contribution in [0.2, 0.25) is 0 Å². The number of hydrogen-bond acceptors (Lipinski definition) is 3.